The van der Waals surface area contributed by atoms with Gasteiger partial charge in [0, 0.05) is 30.3 Å². The zero-order chi connectivity index (χ0) is 10.6. The molecule has 0 saturated carbocycles. The monoisotopic (exact) mass is 235 g/mol. The van der Waals surface area contributed by atoms with Crippen molar-refractivity contribution < 1.29 is 8.42 Å². The summed E-state index contributed by atoms with van der Waals surface area (Å²) in [4.78, 5) is 4.06. The molecule has 0 radical (unpaired) electrons. The summed E-state index contributed by atoms with van der Waals surface area (Å²) in [5, 5.41) is 2.74. The molecule has 1 aromatic rings. The minimum atomic E-state index is -3.00. The maximum absolute atomic E-state index is 11.0. The van der Waals surface area contributed by atoms with Gasteiger partial charge in [-0.3, -0.25) is 11.3 Å². The molecule has 0 fully saturated rings. The third-order valence-electron chi connectivity index (χ3n) is 1.64. The molecular formula is C7H13N3O2S2. The van der Waals surface area contributed by atoms with E-state index in [1.165, 1.54) is 17.6 Å². The van der Waals surface area contributed by atoms with Gasteiger partial charge in [-0.25, -0.2) is 13.4 Å². The van der Waals surface area contributed by atoms with Crippen molar-refractivity contribution in [1.29, 1.82) is 0 Å². The van der Waals surface area contributed by atoms with E-state index >= 15 is 0 Å². The van der Waals surface area contributed by atoms with Crippen molar-refractivity contribution in [3.8, 4) is 0 Å². The summed E-state index contributed by atoms with van der Waals surface area (Å²) in [6.07, 6.45) is 3.43. The summed E-state index contributed by atoms with van der Waals surface area (Å²) in [5.74, 6) is 5.29. The van der Waals surface area contributed by atoms with Gasteiger partial charge in [0.2, 0.25) is 0 Å². The SMILES string of the molecule is CS(=O)(=O)CC(Cc1nccs1)NN. The van der Waals surface area contributed by atoms with Crippen molar-refractivity contribution in [2.45, 2.75) is 12.5 Å². The molecule has 14 heavy (non-hydrogen) atoms. The number of thiazole rings is 1. The summed E-state index contributed by atoms with van der Waals surface area (Å²) < 4.78 is 22.0. The van der Waals surface area contributed by atoms with Crippen LogP contribution in [-0.4, -0.2) is 31.5 Å². The lowest BCUT2D eigenvalue weighted by atomic mass is 10.2. The Balaban J connectivity index is 2.56. The number of rotatable bonds is 5. The summed E-state index contributed by atoms with van der Waals surface area (Å²) >= 11 is 1.49. The fraction of sp³-hybridized carbons (Fsp3) is 0.571. The van der Waals surface area contributed by atoms with E-state index in [9.17, 15) is 8.42 Å². The van der Waals surface area contributed by atoms with Crippen LogP contribution in [-0.2, 0) is 16.3 Å². The van der Waals surface area contributed by atoms with Gasteiger partial charge in [0.25, 0.3) is 0 Å². The molecule has 1 heterocycles. The predicted molar refractivity (Wildman–Crippen MR) is 56.6 cm³/mol. The molecule has 3 N–H and O–H groups in total. The van der Waals surface area contributed by atoms with Crippen LogP contribution in [0, 0.1) is 0 Å². The van der Waals surface area contributed by atoms with Crippen molar-refractivity contribution in [1.82, 2.24) is 10.4 Å². The third kappa shape index (κ3) is 4.14. The first kappa shape index (κ1) is 11.6. The van der Waals surface area contributed by atoms with Crippen molar-refractivity contribution in [2.75, 3.05) is 12.0 Å². The topological polar surface area (TPSA) is 85.1 Å². The van der Waals surface area contributed by atoms with Gasteiger partial charge in [0.05, 0.1) is 10.8 Å². The second-order valence-corrected chi connectivity index (χ2v) is 6.25. The van der Waals surface area contributed by atoms with Gasteiger partial charge in [-0.2, -0.15) is 0 Å². The number of nitrogens with zero attached hydrogens (tertiary/aromatic N) is 1. The molecule has 0 amide bonds. The molecule has 5 nitrogen and oxygen atoms in total. The standard InChI is InChI=1S/C7H13N3O2S2/c1-14(11,12)5-6(10-8)4-7-9-2-3-13-7/h2-3,6,10H,4-5,8H2,1H3. The zero-order valence-electron chi connectivity index (χ0n) is 7.80. The normalized spacial score (nSPS) is 14.1. The number of sulfone groups is 1. The highest BCUT2D eigenvalue weighted by atomic mass is 32.2. The van der Waals surface area contributed by atoms with Gasteiger partial charge in [0.15, 0.2) is 0 Å². The minimum absolute atomic E-state index is 0.0308. The maximum Gasteiger partial charge on any atom is 0.149 e. The van der Waals surface area contributed by atoms with Gasteiger partial charge >= 0.3 is 0 Å². The Bertz CT molecular complexity index is 360. The van der Waals surface area contributed by atoms with Crippen molar-refractivity contribution >= 4 is 21.2 Å². The van der Waals surface area contributed by atoms with Gasteiger partial charge in [-0.15, -0.1) is 11.3 Å². The van der Waals surface area contributed by atoms with E-state index < -0.39 is 9.84 Å². The molecule has 1 aromatic heterocycles. The van der Waals surface area contributed by atoms with Crippen LogP contribution < -0.4 is 11.3 Å². The second-order valence-electron chi connectivity index (χ2n) is 3.09. The molecule has 7 heteroatoms. The van der Waals surface area contributed by atoms with Gasteiger partial charge in [0.1, 0.15) is 9.84 Å². The first-order chi connectivity index (χ1) is 6.51. The number of aromatic nitrogens is 1. The fourth-order valence-corrected chi connectivity index (χ4v) is 2.74. The van der Waals surface area contributed by atoms with Crippen LogP contribution in [0.1, 0.15) is 5.01 Å². The molecule has 0 aliphatic carbocycles. The molecule has 0 aliphatic rings. The van der Waals surface area contributed by atoms with Crippen LogP contribution in [0.25, 0.3) is 0 Å². The molecule has 80 valence electrons. The smallest absolute Gasteiger partial charge is 0.149 e. The second kappa shape index (κ2) is 4.83. The van der Waals surface area contributed by atoms with E-state index in [1.54, 1.807) is 6.20 Å². The average molecular weight is 235 g/mol. The summed E-state index contributed by atoms with van der Waals surface area (Å²) in [6, 6.07) is -0.267. The lowest BCUT2D eigenvalue weighted by Crippen LogP contribution is -2.41. The largest absolute Gasteiger partial charge is 0.271 e. The summed E-state index contributed by atoms with van der Waals surface area (Å²) in [6.45, 7) is 0. The number of hydrogen-bond acceptors (Lipinski definition) is 6. The van der Waals surface area contributed by atoms with Gasteiger partial charge in [-0.1, -0.05) is 0 Å². The Morgan fingerprint density at radius 1 is 1.71 bits per heavy atom. The molecular weight excluding hydrogens is 222 g/mol. The van der Waals surface area contributed by atoms with Crippen LogP contribution in [0.3, 0.4) is 0 Å². The average Bonchev–Trinajstić information content (AvgIpc) is 2.53. The first-order valence-electron chi connectivity index (χ1n) is 4.03. The van der Waals surface area contributed by atoms with E-state index in [0.717, 1.165) is 5.01 Å². The quantitative estimate of drug-likeness (QED) is 0.534. The first-order valence-corrected chi connectivity index (χ1v) is 6.97. The molecule has 0 aromatic carbocycles. The van der Waals surface area contributed by atoms with Crippen molar-refractivity contribution in [3.05, 3.63) is 16.6 Å². The minimum Gasteiger partial charge on any atom is -0.271 e. The highest BCUT2D eigenvalue weighted by Gasteiger charge is 2.15. The molecule has 0 bridgehead atoms. The van der Waals surface area contributed by atoms with E-state index in [1.807, 2.05) is 5.38 Å². The highest BCUT2D eigenvalue weighted by molar-refractivity contribution is 7.90. The lowest BCUT2D eigenvalue weighted by molar-refractivity contribution is 0.545. The number of nitrogens with one attached hydrogen (secondary N) is 1. The third-order valence-corrected chi connectivity index (χ3v) is 3.45. The van der Waals surface area contributed by atoms with Gasteiger partial charge < -0.3 is 0 Å². The number of hydrogen-bond donors (Lipinski definition) is 2. The van der Waals surface area contributed by atoms with Crippen LogP contribution >= 0.6 is 11.3 Å². The zero-order valence-corrected chi connectivity index (χ0v) is 9.44. The molecule has 1 unspecified atom stereocenters. The maximum atomic E-state index is 11.0. The number of nitrogens with two attached hydrogens (primary N) is 1. The predicted octanol–water partition coefficient (Wildman–Crippen LogP) is -0.438. The summed E-state index contributed by atoms with van der Waals surface area (Å²) in [7, 11) is -3.00. The lowest BCUT2D eigenvalue weighted by Gasteiger charge is -2.12. The van der Waals surface area contributed by atoms with E-state index in [-0.39, 0.29) is 11.8 Å². The highest BCUT2D eigenvalue weighted by Crippen LogP contribution is 2.07. The van der Waals surface area contributed by atoms with E-state index in [0.29, 0.717) is 6.42 Å². The summed E-state index contributed by atoms with van der Waals surface area (Å²) in [5.41, 5.74) is 2.48. The molecule has 1 atom stereocenters. The Labute approximate surface area is 87.2 Å². The van der Waals surface area contributed by atoms with Crippen LogP contribution in [0.4, 0.5) is 0 Å². The van der Waals surface area contributed by atoms with Crippen molar-refractivity contribution in [3.63, 3.8) is 0 Å². The van der Waals surface area contributed by atoms with E-state index in [4.69, 9.17) is 5.84 Å². The Morgan fingerprint density at radius 2 is 2.43 bits per heavy atom. The van der Waals surface area contributed by atoms with Crippen LogP contribution in [0.5, 0.6) is 0 Å². The van der Waals surface area contributed by atoms with Crippen LogP contribution in [0.2, 0.25) is 0 Å². The van der Waals surface area contributed by atoms with Gasteiger partial charge in [-0.05, 0) is 0 Å². The van der Waals surface area contributed by atoms with E-state index in [2.05, 4.69) is 10.4 Å². The molecule has 0 spiro atoms. The number of hydrazine groups is 1. The Morgan fingerprint density at radius 3 is 2.86 bits per heavy atom. The Hall–Kier alpha value is -0.500. The van der Waals surface area contributed by atoms with Crippen LogP contribution in [0.15, 0.2) is 11.6 Å². The molecule has 0 saturated heterocycles. The Kier molecular flexibility index (Phi) is 3.99. The van der Waals surface area contributed by atoms with Crippen molar-refractivity contribution in [2.24, 2.45) is 5.84 Å². The molecule has 0 aliphatic heterocycles. The molecule has 1 rings (SSSR count). The fourth-order valence-electron chi connectivity index (χ4n) is 1.10.